The summed E-state index contributed by atoms with van der Waals surface area (Å²) in [5, 5.41) is 12.0. The lowest BCUT2D eigenvalue weighted by atomic mass is 10.1. The van der Waals surface area contributed by atoms with Gasteiger partial charge in [0.1, 0.15) is 11.6 Å². The van der Waals surface area contributed by atoms with Gasteiger partial charge < -0.3 is 24.4 Å². The number of nitriles is 1. The first-order chi connectivity index (χ1) is 14.4. The van der Waals surface area contributed by atoms with Crippen molar-refractivity contribution < 1.29 is 23.8 Å². The summed E-state index contributed by atoms with van der Waals surface area (Å²) in [6.45, 7) is 1.56. The molecule has 1 N–H and O–H groups in total. The average molecular weight is 407 g/mol. The van der Waals surface area contributed by atoms with Gasteiger partial charge in [0.2, 0.25) is 6.79 Å². The Hall–Kier alpha value is -3.99. The summed E-state index contributed by atoms with van der Waals surface area (Å²) in [5.41, 5.74) is 1.94. The van der Waals surface area contributed by atoms with Crippen molar-refractivity contribution in [2.75, 3.05) is 31.1 Å². The molecule has 0 spiro atoms. The number of benzene rings is 2. The standard InChI is InChI=1S/C22H21N3O5/c1-14(21(26)24-17-6-9-19-20(11-17)29-13-28-19)30-22(27)16(12-23)10-15-4-7-18(8-5-15)25(2)3/h4-11,14H,13H2,1-3H3,(H,24,26)/b16-10+/t14-/m1/s1. The molecule has 0 unspecified atom stereocenters. The van der Waals surface area contributed by atoms with Crippen molar-refractivity contribution in [3.05, 3.63) is 53.6 Å². The Morgan fingerprint density at radius 3 is 2.53 bits per heavy atom. The van der Waals surface area contributed by atoms with E-state index in [1.807, 2.05) is 37.2 Å². The summed E-state index contributed by atoms with van der Waals surface area (Å²) < 4.78 is 15.6. The number of amides is 1. The summed E-state index contributed by atoms with van der Waals surface area (Å²) in [4.78, 5) is 26.6. The van der Waals surface area contributed by atoms with E-state index in [1.165, 1.54) is 13.0 Å². The number of carbonyl (C=O) groups is 2. The number of anilines is 2. The highest BCUT2D eigenvalue weighted by atomic mass is 16.7. The van der Waals surface area contributed by atoms with Gasteiger partial charge in [0.15, 0.2) is 17.6 Å². The largest absolute Gasteiger partial charge is 0.454 e. The van der Waals surface area contributed by atoms with Gasteiger partial charge in [-0.25, -0.2) is 4.79 Å². The number of rotatable bonds is 6. The minimum Gasteiger partial charge on any atom is -0.454 e. The Bertz CT molecular complexity index is 1020. The van der Waals surface area contributed by atoms with Crippen LogP contribution in [-0.2, 0) is 14.3 Å². The molecule has 0 radical (unpaired) electrons. The van der Waals surface area contributed by atoms with E-state index in [2.05, 4.69) is 5.32 Å². The summed E-state index contributed by atoms with van der Waals surface area (Å²) >= 11 is 0. The minimum atomic E-state index is -1.10. The molecule has 2 aromatic carbocycles. The first kappa shape index (κ1) is 20.7. The summed E-state index contributed by atoms with van der Waals surface area (Å²) in [7, 11) is 3.83. The molecule has 0 saturated carbocycles. The SMILES string of the molecule is C[C@@H](OC(=O)/C(C#N)=C/c1ccc(N(C)C)cc1)C(=O)Nc1ccc2c(c1)OCO2. The lowest BCUT2D eigenvalue weighted by Crippen LogP contribution is -2.30. The van der Waals surface area contributed by atoms with Crippen molar-refractivity contribution in [2.45, 2.75) is 13.0 Å². The fourth-order valence-corrected chi connectivity index (χ4v) is 2.67. The zero-order valence-electron chi connectivity index (χ0n) is 16.8. The molecule has 0 bridgehead atoms. The molecule has 0 aliphatic carbocycles. The zero-order chi connectivity index (χ0) is 21.7. The number of nitrogens with zero attached hydrogens (tertiary/aromatic N) is 2. The van der Waals surface area contributed by atoms with Crippen molar-refractivity contribution in [2.24, 2.45) is 0 Å². The van der Waals surface area contributed by atoms with Crippen LogP contribution in [0.5, 0.6) is 11.5 Å². The first-order valence-corrected chi connectivity index (χ1v) is 9.18. The molecule has 1 aliphatic rings. The number of hydrogen-bond donors (Lipinski definition) is 1. The summed E-state index contributed by atoms with van der Waals surface area (Å²) in [5.74, 6) is -0.292. The molecule has 8 nitrogen and oxygen atoms in total. The third-order valence-electron chi connectivity index (χ3n) is 4.35. The second kappa shape index (κ2) is 9.01. The Kier molecular flexibility index (Phi) is 6.23. The first-order valence-electron chi connectivity index (χ1n) is 9.18. The van der Waals surface area contributed by atoms with Crippen LogP contribution in [0.25, 0.3) is 6.08 Å². The van der Waals surface area contributed by atoms with Crippen LogP contribution in [0.1, 0.15) is 12.5 Å². The predicted octanol–water partition coefficient (Wildman–Crippen LogP) is 2.96. The van der Waals surface area contributed by atoms with Crippen molar-refractivity contribution in [1.82, 2.24) is 0 Å². The maximum atomic E-state index is 12.4. The zero-order valence-corrected chi connectivity index (χ0v) is 16.8. The van der Waals surface area contributed by atoms with Gasteiger partial charge in [-0.1, -0.05) is 12.1 Å². The summed E-state index contributed by atoms with van der Waals surface area (Å²) in [6, 6.07) is 14.1. The molecule has 1 heterocycles. The van der Waals surface area contributed by atoms with Gasteiger partial charge in [-0.3, -0.25) is 4.79 Å². The molecule has 30 heavy (non-hydrogen) atoms. The van der Waals surface area contributed by atoms with E-state index in [0.29, 0.717) is 22.7 Å². The van der Waals surface area contributed by atoms with Crippen molar-refractivity contribution in [3.8, 4) is 17.6 Å². The van der Waals surface area contributed by atoms with E-state index in [0.717, 1.165) is 5.69 Å². The Morgan fingerprint density at radius 1 is 1.17 bits per heavy atom. The minimum absolute atomic E-state index is 0.127. The van der Waals surface area contributed by atoms with E-state index in [4.69, 9.17) is 14.2 Å². The molecular weight excluding hydrogens is 386 g/mol. The molecule has 0 aromatic heterocycles. The van der Waals surface area contributed by atoms with Gasteiger partial charge in [-0.05, 0) is 42.8 Å². The van der Waals surface area contributed by atoms with Crippen molar-refractivity contribution in [3.63, 3.8) is 0 Å². The van der Waals surface area contributed by atoms with E-state index in [1.54, 1.807) is 30.3 Å². The van der Waals surface area contributed by atoms with Crippen LogP contribution in [0, 0.1) is 11.3 Å². The highest BCUT2D eigenvalue weighted by molar-refractivity contribution is 6.01. The molecule has 1 amide bonds. The van der Waals surface area contributed by atoms with Crippen LogP contribution in [0.2, 0.25) is 0 Å². The predicted molar refractivity (Wildman–Crippen MR) is 111 cm³/mol. The van der Waals surface area contributed by atoms with Gasteiger partial charge in [0.25, 0.3) is 5.91 Å². The lowest BCUT2D eigenvalue weighted by Gasteiger charge is -2.14. The maximum Gasteiger partial charge on any atom is 0.349 e. The smallest absolute Gasteiger partial charge is 0.349 e. The van der Waals surface area contributed by atoms with Crippen LogP contribution < -0.4 is 19.7 Å². The van der Waals surface area contributed by atoms with Gasteiger partial charge in [-0.15, -0.1) is 0 Å². The normalized spacial score (nSPS) is 13.2. The van der Waals surface area contributed by atoms with Crippen molar-refractivity contribution in [1.29, 1.82) is 5.26 Å². The van der Waals surface area contributed by atoms with Gasteiger partial charge in [0, 0.05) is 31.5 Å². The van der Waals surface area contributed by atoms with E-state index in [-0.39, 0.29) is 12.4 Å². The molecule has 154 valence electrons. The molecule has 0 fully saturated rings. The number of hydrogen-bond acceptors (Lipinski definition) is 7. The third kappa shape index (κ3) is 4.89. The van der Waals surface area contributed by atoms with Gasteiger partial charge in [-0.2, -0.15) is 5.26 Å². The molecule has 8 heteroatoms. The third-order valence-corrected chi connectivity index (χ3v) is 4.35. The number of ether oxygens (including phenoxy) is 3. The average Bonchev–Trinajstić information content (AvgIpc) is 3.20. The fraction of sp³-hybridized carbons (Fsp3) is 0.227. The molecule has 1 atom stereocenters. The highest BCUT2D eigenvalue weighted by Crippen LogP contribution is 2.34. The Labute approximate surface area is 174 Å². The van der Waals surface area contributed by atoms with Crippen LogP contribution in [0.4, 0.5) is 11.4 Å². The number of esters is 1. The monoisotopic (exact) mass is 407 g/mol. The molecular formula is C22H21N3O5. The Balaban J connectivity index is 1.62. The molecule has 1 aliphatic heterocycles. The number of nitrogens with one attached hydrogen (secondary N) is 1. The molecule has 0 saturated heterocycles. The molecule has 2 aromatic rings. The van der Waals surface area contributed by atoms with Crippen molar-refractivity contribution >= 4 is 29.3 Å². The Morgan fingerprint density at radius 2 is 1.87 bits per heavy atom. The number of carbonyl (C=O) groups excluding carboxylic acids is 2. The van der Waals surface area contributed by atoms with Gasteiger partial charge >= 0.3 is 5.97 Å². The van der Waals surface area contributed by atoms with Crippen LogP contribution >= 0.6 is 0 Å². The summed E-state index contributed by atoms with van der Waals surface area (Å²) in [6.07, 6.45) is 0.320. The van der Waals surface area contributed by atoms with E-state index < -0.39 is 18.0 Å². The second-order valence-corrected chi connectivity index (χ2v) is 6.76. The maximum absolute atomic E-state index is 12.4. The second-order valence-electron chi connectivity index (χ2n) is 6.76. The van der Waals surface area contributed by atoms with E-state index >= 15 is 0 Å². The fourth-order valence-electron chi connectivity index (χ4n) is 2.67. The van der Waals surface area contributed by atoms with E-state index in [9.17, 15) is 14.9 Å². The van der Waals surface area contributed by atoms with Crippen LogP contribution in [-0.4, -0.2) is 38.9 Å². The topological polar surface area (TPSA) is 101 Å². The quantitative estimate of drug-likeness (QED) is 0.446. The van der Waals surface area contributed by atoms with Gasteiger partial charge in [0.05, 0.1) is 0 Å². The van der Waals surface area contributed by atoms with Crippen LogP contribution in [0.3, 0.4) is 0 Å². The lowest BCUT2D eigenvalue weighted by molar-refractivity contribution is -0.148. The highest BCUT2D eigenvalue weighted by Gasteiger charge is 2.22. The number of fused-ring (bicyclic) bond motifs is 1. The molecule has 3 rings (SSSR count). The van der Waals surface area contributed by atoms with Crippen LogP contribution in [0.15, 0.2) is 48.0 Å².